The largest absolute Gasteiger partial charge is 0.481 e. The van der Waals surface area contributed by atoms with E-state index in [1.165, 1.54) is 12.4 Å². The van der Waals surface area contributed by atoms with Crippen molar-refractivity contribution in [3.8, 4) is 0 Å². The highest BCUT2D eigenvalue weighted by atomic mass is 16.4. The Kier molecular flexibility index (Phi) is 4.13. The van der Waals surface area contributed by atoms with E-state index in [1.807, 2.05) is 0 Å². The minimum atomic E-state index is -0.981. The normalized spacial score (nSPS) is 11.6. The van der Waals surface area contributed by atoms with Crippen molar-refractivity contribution in [2.24, 2.45) is 0 Å². The van der Waals surface area contributed by atoms with Crippen molar-refractivity contribution in [3.63, 3.8) is 0 Å². The molecule has 8 heteroatoms. The van der Waals surface area contributed by atoms with Crippen molar-refractivity contribution in [1.29, 1.82) is 0 Å². The highest BCUT2D eigenvalue weighted by Gasteiger charge is 2.11. The van der Waals surface area contributed by atoms with Crippen LogP contribution in [0.2, 0.25) is 0 Å². The smallest absolute Gasteiger partial charge is 0.321 e. The van der Waals surface area contributed by atoms with Gasteiger partial charge in [-0.25, -0.2) is 9.78 Å². The van der Waals surface area contributed by atoms with Gasteiger partial charge in [0.2, 0.25) is 0 Å². The number of hydrogen-bond donors (Lipinski definition) is 3. The fraction of sp³-hybridized carbons (Fsp3) is 0.375. The molecule has 0 aliphatic carbocycles. The Morgan fingerprint density at radius 1 is 1.50 bits per heavy atom. The lowest BCUT2D eigenvalue weighted by Crippen LogP contribution is -2.37. The van der Waals surface area contributed by atoms with Crippen molar-refractivity contribution in [3.05, 3.63) is 12.4 Å². The van der Waals surface area contributed by atoms with E-state index >= 15 is 0 Å². The van der Waals surface area contributed by atoms with Gasteiger partial charge in [-0.2, -0.15) is 5.10 Å². The van der Waals surface area contributed by atoms with Crippen molar-refractivity contribution in [2.75, 3.05) is 5.32 Å². The summed E-state index contributed by atoms with van der Waals surface area (Å²) in [6.45, 7) is 1.58. The maximum absolute atomic E-state index is 11.3. The van der Waals surface area contributed by atoms with Gasteiger partial charge in [0.25, 0.3) is 5.95 Å². The molecule has 86 valence electrons. The molecule has 1 heterocycles. The monoisotopic (exact) mass is 225 g/mol. The summed E-state index contributed by atoms with van der Waals surface area (Å²) in [4.78, 5) is 25.3. The number of carboxylic acid groups (broad SMARTS) is 1. The predicted octanol–water partition coefficient (Wildman–Crippen LogP) is -0.144. The van der Waals surface area contributed by atoms with Crippen LogP contribution in [-0.4, -0.2) is 38.3 Å². The van der Waals surface area contributed by atoms with Crippen molar-refractivity contribution in [2.45, 2.75) is 19.4 Å². The van der Waals surface area contributed by atoms with Crippen LogP contribution in [-0.2, 0) is 4.79 Å². The van der Waals surface area contributed by atoms with E-state index in [1.54, 1.807) is 6.92 Å². The molecule has 0 saturated heterocycles. The molecule has 1 rings (SSSR count). The van der Waals surface area contributed by atoms with Crippen LogP contribution in [0, 0.1) is 0 Å². The van der Waals surface area contributed by atoms with Gasteiger partial charge in [0, 0.05) is 6.04 Å². The van der Waals surface area contributed by atoms with Crippen LogP contribution in [0.1, 0.15) is 13.3 Å². The van der Waals surface area contributed by atoms with Crippen molar-refractivity contribution in [1.82, 2.24) is 20.5 Å². The molecule has 1 atom stereocenters. The fourth-order valence-corrected chi connectivity index (χ4v) is 0.979. The first-order chi connectivity index (χ1) is 7.58. The van der Waals surface area contributed by atoms with Gasteiger partial charge in [-0.1, -0.05) is 0 Å². The molecule has 2 amide bonds. The number of anilines is 1. The molecule has 1 aromatic heterocycles. The van der Waals surface area contributed by atoms with E-state index in [-0.39, 0.29) is 12.4 Å². The predicted molar refractivity (Wildman–Crippen MR) is 53.7 cm³/mol. The Labute approximate surface area is 91.1 Å². The molecule has 1 unspecified atom stereocenters. The minimum Gasteiger partial charge on any atom is -0.481 e. The zero-order chi connectivity index (χ0) is 12.0. The second-order valence-corrected chi connectivity index (χ2v) is 3.06. The van der Waals surface area contributed by atoms with Crippen LogP contribution in [0.4, 0.5) is 10.7 Å². The summed E-state index contributed by atoms with van der Waals surface area (Å²) in [6.07, 6.45) is 2.60. The molecule has 0 saturated carbocycles. The number of aromatic nitrogens is 3. The summed E-state index contributed by atoms with van der Waals surface area (Å²) in [6, 6.07) is -1.05. The molecule has 8 nitrogen and oxygen atoms in total. The molecule has 0 aliphatic heterocycles. The van der Waals surface area contributed by atoms with Gasteiger partial charge in [0.1, 0.15) is 0 Å². The third kappa shape index (κ3) is 4.31. The maximum Gasteiger partial charge on any atom is 0.321 e. The Hall–Kier alpha value is -2.25. The van der Waals surface area contributed by atoms with E-state index in [2.05, 4.69) is 25.8 Å². The van der Waals surface area contributed by atoms with Gasteiger partial charge in [0.15, 0.2) is 0 Å². The lowest BCUT2D eigenvalue weighted by Gasteiger charge is -2.11. The SMILES string of the molecule is CC(CC(=O)O)NC(=O)Nc1nccnn1. The van der Waals surface area contributed by atoms with E-state index in [0.717, 1.165) is 0 Å². The minimum absolute atomic E-state index is 0.0579. The number of urea groups is 1. The molecule has 3 N–H and O–H groups in total. The van der Waals surface area contributed by atoms with Gasteiger partial charge >= 0.3 is 12.0 Å². The Balaban J connectivity index is 2.39. The average molecular weight is 225 g/mol. The number of nitrogens with zero attached hydrogens (tertiary/aromatic N) is 3. The molecule has 16 heavy (non-hydrogen) atoms. The summed E-state index contributed by atoms with van der Waals surface area (Å²) < 4.78 is 0. The molecule has 1 aromatic rings. The Morgan fingerprint density at radius 3 is 2.81 bits per heavy atom. The van der Waals surface area contributed by atoms with E-state index in [0.29, 0.717) is 0 Å². The number of carbonyl (C=O) groups is 2. The maximum atomic E-state index is 11.3. The number of hydrogen-bond acceptors (Lipinski definition) is 5. The first kappa shape index (κ1) is 11.8. The molecular weight excluding hydrogens is 214 g/mol. The topological polar surface area (TPSA) is 117 Å². The van der Waals surface area contributed by atoms with Crippen LogP contribution < -0.4 is 10.6 Å². The van der Waals surface area contributed by atoms with Crippen LogP contribution in [0.15, 0.2) is 12.4 Å². The number of amides is 2. The average Bonchev–Trinajstić information content (AvgIpc) is 2.17. The Bertz CT molecular complexity index is 369. The quantitative estimate of drug-likeness (QED) is 0.656. The lowest BCUT2D eigenvalue weighted by atomic mass is 10.2. The first-order valence-electron chi connectivity index (χ1n) is 4.51. The standard InChI is InChI=1S/C8H11N5O3/c1-5(4-6(14)15)11-8(16)12-7-9-2-3-10-13-7/h2-3,5H,4H2,1H3,(H,14,15)(H2,9,11,12,13,16). The van der Waals surface area contributed by atoms with Gasteiger partial charge in [0.05, 0.1) is 18.8 Å². The van der Waals surface area contributed by atoms with Gasteiger partial charge in [-0.3, -0.25) is 10.1 Å². The number of nitrogens with one attached hydrogen (secondary N) is 2. The summed E-state index contributed by atoms with van der Waals surface area (Å²) in [7, 11) is 0. The van der Waals surface area contributed by atoms with Crippen molar-refractivity contribution < 1.29 is 14.7 Å². The highest BCUT2D eigenvalue weighted by molar-refractivity contribution is 5.87. The molecule has 0 spiro atoms. The zero-order valence-corrected chi connectivity index (χ0v) is 8.54. The molecule has 0 aromatic carbocycles. The van der Waals surface area contributed by atoms with Gasteiger partial charge < -0.3 is 10.4 Å². The second-order valence-electron chi connectivity index (χ2n) is 3.06. The summed E-state index contributed by atoms with van der Waals surface area (Å²) in [5.41, 5.74) is 0. The fourth-order valence-electron chi connectivity index (χ4n) is 0.979. The van der Waals surface area contributed by atoms with Crippen LogP contribution in [0.25, 0.3) is 0 Å². The number of carbonyl (C=O) groups excluding carboxylic acids is 1. The number of rotatable bonds is 4. The van der Waals surface area contributed by atoms with E-state index < -0.39 is 18.0 Å². The third-order valence-corrected chi connectivity index (χ3v) is 1.57. The molecule has 0 fully saturated rings. The molecule has 0 radical (unpaired) electrons. The van der Waals surface area contributed by atoms with Crippen LogP contribution in [0.3, 0.4) is 0 Å². The first-order valence-corrected chi connectivity index (χ1v) is 4.51. The number of aliphatic carboxylic acids is 1. The second kappa shape index (κ2) is 5.59. The Morgan fingerprint density at radius 2 is 2.25 bits per heavy atom. The summed E-state index contributed by atoms with van der Waals surface area (Å²) in [5.74, 6) is -0.923. The molecule has 0 aliphatic rings. The van der Waals surface area contributed by atoms with E-state index in [9.17, 15) is 9.59 Å². The molecular formula is C8H11N5O3. The summed E-state index contributed by atoms with van der Waals surface area (Å²) >= 11 is 0. The van der Waals surface area contributed by atoms with Crippen LogP contribution in [0.5, 0.6) is 0 Å². The molecule has 0 bridgehead atoms. The third-order valence-electron chi connectivity index (χ3n) is 1.57. The van der Waals surface area contributed by atoms with Gasteiger partial charge in [-0.15, -0.1) is 5.10 Å². The number of carboxylic acids is 1. The zero-order valence-electron chi connectivity index (χ0n) is 8.54. The van der Waals surface area contributed by atoms with Crippen LogP contribution >= 0.6 is 0 Å². The van der Waals surface area contributed by atoms with E-state index in [4.69, 9.17) is 5.11 Å². The highest BCUT2D eigenvalue weighted by Crippen LogP contribution is 1.94. The van der Waals surface area contributed by atoms with Gasteiger partial charge in [-0.05, 0) is 6.92 Å². The van der Waals surface area contributed by atoms with Crippen molar-refractivity contribution >= 4 is 17.9 Å². The lowest BCUT2D eigenvalue weighted by molar-refractivity contribution is -0.137. The summed E-state index contributed by atoms with van der Waals surface area (Å²) in [5, 5.41) is 20.3.